The third kappa shape index (κ3) is 2.48. The Hall–Kier alpha value is -2.93. The third-order valence-corrected chi connectivity index (χ3v) is 4.54. The minimum atomic E-state index is 0.639. The van der Waals surface area contributed by atoms with Crippen LogP contribution < -0.4 is 14.8 Å². The number of nitrogens with one attached hydrogen (secondary N) is 1. The van der Waals surface area contributed by atoms with E-state index in [-0.39, 0.29) is 0 Å². The SMILES string of the molecule is COc1cc2ncnc(Nc3ccc4sncc4c3)c2cc1OC. The lowest BCUT2D eigenvalue weighted by atomic mass is 10.2. The van der Waals surface area contributed by atoms with Crippen LogP contribution in [0.25, 0.3) is 21.0 Å². The highest BCUT2D eigenvalue weighted by Gasteiger charge is 2.11. The molecule has 4 rings (SSSR count). The van der Waals surface area contributed by atoms with Gasteiger partial charge in [0.1, 0.15) is 12.1 Å². The quantitative estimate of drug-likeness (QED) is 0.606. The van der Waals surface area contributed by atoms with E-state index in [4.69, 9.17) is 9.47 Å². The molecule has 0 saturated heterocycles. The van der Waals surface area contributed by atoms with Gasteiger partial charge >= 0.3 is 0 Å². The van der Waals surface area contributed by atoms with Crippen molar-refractivity contribution in [1.29, 1.82) is 0 Å². The summed E-state index contributed by atoms with van der Waals surface area (Å²) in [5, 5.41) is 5.31. The van der Waals surface area contributed by atoms with Gasteiger partial charge in [-0.25, -0.2) is 9.97 Å². The number of hydrogen-bond acceptors (Lipinski definition) is 7. The number of benzene rings is 2. The molecule has 4 aromatic rings. The molecular weight excluding hydrogens is 324 g/mol. The van der Waals surface area contributed by atoms with Crippen molar-refractivity contribution in [2.24, 2.45) is 0 Å². The predicted octanol–water partition coefficient (Wildman–Crippen LogP) is 4.00. The number of anilines is 2. The van der Waals surface area contributed by atoms with Gasteiger partial charge in [-0.05, 0) is 35.8 Å². The molecule has 0 atom stereocenters. The monoisotopic (exact) mass is 338 g/mol. The fraction of sp³-hybridized carbons (Fsp3) is 0.118. The Morgan fingerprint density at radius 2 is 1.83 bits per heavy atom. The molecule has 0 bridgehead atoms. The van der Waals surface area contributed by atoms with Gasteiger partial charge in [0.2, 0.25) is 0 Å². The van der Waals surface area contributed by atoms with Gasteiger partial charge in [0.15, 0.2) is 11.5 Å². The number of methoxy groups -OCH3 is 2. The van der Waals surface area contributed by atoms with Gasteiger partial charge < -0.3 is 14.8 Å². The second-order valence-corrected chi connectivity index (χ2v) is 5.98. The van der Waals surface area contributed by atoms with E-state index in [0.29, 0.717) is 17.3 Å². The average molecular weight is 338 g/mol. The van der Waals surface area contributed by atoms with Gasteiger partial charge in [0, 0.05) is 28.7 Å². The van der Waals surface area contributed by atoms with Gasteiger partial charge in [0.25, 0.3) is 0 Å². The maximum atomic E-state index is 5.38. The summed E-state index contributed by atoms with van der Waals surface area (Å²) >= 11 is 1.48. The second-order valence-electron chi connectivity index (χ2n) is 5.15. The third-order valence-electron chi connectivity index (χ3n) is 3.76. The molecule has 0 spiro atoms. The Kier molecular flexibility index (Phi) is 3.62. The largest absolute Gasteiger partial charge is 0.493 e. The van der Waals surface area contributed by atoms with Crippen molar-refractivity contribution in [3.05, 3.63) is 42.9 Å². The van der Waals surface area contributed by atoms with E-state index in [1.807, 2.05) is 36.5 Å². The van der Waals surface area contributed by atoms with Gasteiger partial charge in [0.05, 0.1) is 24.4 Å². The molecule has 0 aliphatic rings. The Morgan fingerprint density at radius 3 is 2.67 bits per heavy atom. The first kappa shape index (κ1) is 14.6. The van der Waals surface area contributed by atoms with Crippen LogP contribution in [0.1, 0.15) is 0 Å². The molecule has 2 heterocycles. The van der Waals surface area contributed by atoms with Gasteiger partial charge in [-0.15, -0.1) is 0 Å². The molecule has 24 heavy (non-hydrogen) atoms. The Labute approximate surface area is 142 Å². The molecule has 0 unspecified atom stereocenters. The van der Waals surface area contributed by atoms with Crippen LogP contribution in [0, 0.1) is 0 Å². The summed E-state index contributed by atoms with van der Waals surface area (Å²) in [7, 11) is 3.21. The van der Waals surface area contributed by atoms with Crippen molar-refractivity contribution in [2.75, 3.05) is 19.5 Å². The maximum Gasteiger partial charge on any atom is 0.162 e. The van der Waals surface area contributed by atoms with Crippen LogP contribution in [0.5, 0.6) is 11.5 Å². The van der Waals surface area contributed by atoms with E-state index < -0.39 is 0 Å². The van der Waals surface area contributed by atoms with E-state index >= 15 is 0 Å². The summed E-state index contributed by atoms with van der Waals surface area (Å²) < 4.78 is 16.1. The summed E-state index contributed by atoms with van der Waals surface area (Å²) in [5.74, 6) is 1.99. The molecule has 0 amide bonds. The highest BCUT2D eigenvalue weighted by atomic mass is 32.1. The van der Waals surface area contributed by atoms with Gasteiger partial charge in [-0.2, -0.15) is 4.37 Å². The van der Waals surface area contributed by atoms with E-state index in [0.717, 1.165) is 26.7 Å². The van der Waals surface area contributed by atoms with Crippen LogP contribution in [0.4, 0.5) is 11.5 Å². The normalized spacial score (nSPS) is 10.9. The molecule has 0 aliphatic heterocycles. The summed E-state index contributed by atoms with van der Waals surface area (Å²) in [5.41, 5.74) is 1.72. The van der Waals surface area contributed by atoms with Crippen LogP contribution in [-0.2, 0) is 0 Å². The number of ether oxygens (including phenoxy) is 2. The van der Waals surface area contributed by atoms with Gasteiger partial charge in [-0.1, -0.05) is 0 Å². The minimum Gasteiger partial charge on any atom is -0.493 e. The van der Waals surface area contributed by atoms with Crippen molar-refractivity contribution in [2.45, 2.75) is 0 Å². The lowest BCUT2D eigenvalue weighted by molar-refractivity contribution is 0.356. The number of hydrogen-bond donors (Lipinski definition) is 1. The lowest BCUT2D eigenvalue weighted by Gasteiger charge is -2.12. The molecule has 0 saturated carbocycles. The van der Waals surface area contributed by atoms with Crippen LogP contribution in [0.3, 0.4) is 0 Å². The zero-order valence-corrected chi connectivity index (χ0v) is 13.9. The van der Waals surface area contributed by atoms with E-state index in [9.17, 15) is 0 Å². The lowest BCUT2D eigenvalue weighted by Crippen LogP contribution is -1.97. The van der Waals surface area contributed by atoms with Crippen LogP contribution in [0.2, 0.25) is 0 Å². The van der Waals surface area contributed by atoms with Crippen molar-refractivity contribution in [1.82, 2.24) is 14.3 Å². The molecule has 120 valence electrons. The summed E-state index contributed by atoms with van der Waals surface area (Å²) in [4.78, 5) is 8.68. The first-order chi connectivity index (χ1) is 11.8. The zero-order chi connectivity index (χ0) is 16.5. The van der Waals surface area contributed by atoms with Crippen LogP contribution in [-0.4, -0.2) is 28.6 Å². The molecule has 0 aliphatic carbocycles. The van der Waals surface area contributed by atoms with Crippen molar-refractivity contribution in [3.8, 4) is 11.5 Å². The van der Waals surface area contributed by atoms with Crippen molar-refractivity contribution < 1.29 is 9.47 Å². The zero-order valence-electron chi connectivity index (χ0n) is 13.1. The standard InChI is InChI=1S/C17H14N4O2S/c1-22-14-6-12-13(7-15(14)23-2)18-9-19-17(12)21-11-3-4-16-10(5-11)8-20-24-16/h3-9H,1-2H3,(H,18,19,21). The molecule has 2 aromatic carbocycles. The van der Waals surface area contributed by atoms with Crippen molar-refractivity contribution >= 4 is 44.0 Å². The summed E-state index contributed by atoms with van der Waals surface area (Å²) in [6.45, 7) is 0. The van der Waals surface area contributed by atoms with E-state index in [1.165, 1.54) is 17.9 Å². The molecule has 0 fully saturated rings. The molecule has 7 heteroatoms. The predicted molar refractivity (Wildman–Crippen MR) is 95.5 cm³/mol. The molecular formula is C17H14N4O2S. The Morgan fingerprint density at radius 1 is 1.00 bits per heavy atom. The Balaban J connectivity index is 1.80. The van der Waals surface area contributed by atoms with Crippen molar-refractivity contribution in [3.63, 3.8) is 0 Å². The summed E-state index contributed by atoms with van der Waals surface area (Å²) in [6.07, 6.45) is 3.39. The number of aromatic nitrogens is 3. The maximum absolute atomic E-state index is 5.38. The summed E-state index contributed by atoms with van der Waals surface area (Å²) in [6, 6.07) is 9.82. The highest BCUT2D eigenvalue weighted by molar-refractivity contribution is 7.13. The van der Waals surface area contributed by atoms with Gasteiger partial charge in [-0.3, -0.25) is 0 Å². The molecule has 6 nitrogen and oxygen atoms in total. The fourth-order valence-corrected chi connectivity index (χ4v) is 3.20. The highest BCUT2D eigenvalue weighted by Crippen LogP contribution is 2.34. The first-order valence-electron chi connectivity index (χ1n) is 7.26. The van der Waals surface area contributed by atoms with E-state index in [2.05, 4.69) is 19.7 Å². The number of fused-ring (bicyclic) bond motifs is 2. The van der Waals surface area contributed by atoms with Crippen LogP contribution in [0.15, 0.2) is 42.9 Å². The van der Waals surface area contributed by atoms with Crippen LogP contribution >= 0.6 is 11.5 Å². The minimum absolute atomic E-state index is 0.639. The van der Waals surface area contributed by atoms with E-state index in [1.54, 1.807) is 14.2 Å². The molecule has 2 aromatic heterocycles. The molecule has 1 N–H and O–H groups in total. The first-order valence-corrected chi connectivity index (χ1v) is 8.04. The number of nitrogens with zero attached hydrogens (tertiary/aromatic N) is 3. The second kappa shape index (κ2) is 5.93. The topological polar surface area (TPSA) is 69.2 Å². The average Bonchev–Trinajstić information content (AvgIpc) is 3.08. The fourth-order valence-electron chi connectivity index (χ4n) is 2.57. The molecule has 0 radical (unpaired) electrons. The Bertz CT molecular complexity index is 1030. The number of rotatable bonds is 4. The smallest absolute Gasteiger partial charge is 0.162 e.